The first-order valence-corrected chi connectivity index (χ1v) is 7.06. The third kappa shape index (κ3) is 3.31. The molecule has 0 bridgehead atoms. The molecule has 3 N–H and O–H groups in total. The largest absolute Gasteiger partial charge is 0.369 e. The summed E-state index contributed by atoms with van der Waals surface area (Å²) in [6, 6.07) is 1.98. The number of amides is 1. The molecule has 0 radical (unpaired) electrons. The maximum atomic E-state index is 11.4. The fourth-order valence-electron chi connectivity index (χ4n) is 1.68. The van der Waals surface area contributed by atoms with E-state index in [0.29, 0.717) is 25.5 Å². The Morgan fingerprint density at radius 3 is 3.00 bits per heavy atom. The molecule has 1 amide bonds. The van der Waals surface area contributed by atoms with Crippen LogP contribution in [0.25, 0.3) is 10.2 Å². The van der Waals surface area contributed by atoms with Gasteiger partial charge in [0.25, 0.3) is 0 Å². The van der Waals surface area contributed by atoms with Crippen molar-refractivity contribution < 1.29 is 4.79 Å². The Hall–Kier alpha value is -1.89. The molecule has 102 valence electrons. The highest BCUT2D eigenvalue weighted by atomic mass is 32.1. The molecule has 0 atom stereocenters. The molecule has 0 saturated heterocycles. The number of nitrogens with zero attached hydrogens (tertiary/aromatic N) is 2. The van der Waals surface area contributed by atoms with Crippen LogP contribution in [0, 0.1) is 0 Å². The molecule has 2 aromatic heterocycles. The minimum Gasteiger partial charge on any atom is -0.369 e. The normalized spacial score (nSPS) is 10.4. The van der Waals surface area contributed by atoms with Gasteiger partial charge in [-0.3, -0.25) is 4.79 Å². The molecule has 0 unspecified atom stereocenters. The number of nitrogens with one attached hydrogen (secondary N) is 3. The first-order chi connectivity index (χ1) is 9.24. The van der Waals surface area contributed by atoms with Crippen molar-refractivity contribution >= 4 is 39.2 Å². The number of carbonyl (C=O) groups excluding carboxylic acids is 1. The van der Waals surface area contributed by atoms with Crippen LogP contribution in [0.3, 0.4) is 0 Å². The van der Waals surface area contributed by atoms with Crippen LogP contribution in [0.5, 0.6) is 0 Å². The summed E-state index contributed by atoms with van der Waals surface area (Å²) < 4.78 is 0. The van der Waals surface area contributed by atoms with E-state index in [0.717, 1.165) is 16.0 Å². The van der Waals surface area contributed by atoms with E-state index in [1.165, 1.54) is 0 Å². The number of hydrogen-bond acceptors (Lipinski definition) is 6. The zero-order valence-electron chi connectivity index (χ0n) is 11.0. The van der Waals surface area contributed by atoms with Gasteiger partial charge in [0, 0.05) is 26.6 Å². The maximum absolute atomic E-state index is 11.4. The molecule has 0 aliphatic heterocycles. The summed E-state index contributed by atoms with van der Waals surface area (Å²) >= 11 is 1.57. The van der Waals surface area contributed by atoms with Crippen LogP contribution in [-0.2, 0) is 4.79 Å². The second-order valence-corrected chi connectivity index (χ2v) is 4.81. The highest BCUT2D eigenvalue weighted by molar-refractivity contribution is 7.16. The van der Waals surface area contributed by atoms with E-state index in [1.54, 1.807) is 18.4 Å². The lowest BCUT2D eigenvalue weighted by molar-refractivity contribution is -0.120. The summed E-state index contributed by atoms with van der Waals surface area (Å²) in [5, 5.41) is 11.9. The van der Waals surface area contributed by atoms with Gasteiger partial charge in [0.1, 0.15) is 10.6 Å². The van der Waals surface area contributed by atoms with E-state index in [-0.39, 0.29) is 5.91 Å². The molecule has 6 nitrogen and oxygen atoms in total. The Kier molecular flexibility index (Phi) is 4.51. The summed E-state index contributed by atoms with van der Waals surface area (Å²) in [6.07, 6.45) is 0.429. The van der Waals surface area contributed by atoms with E-state index in [9.17, 15) is 4.79 Å². The van der Waals surface area contributed by atoms with E-state index in [2.05, 4.69) is 25.9 Å². The van der Waals surface area contributed by atoms with Crippen molar-refractivity contribution in [3.8, 4) is 0 Å². The van der Waals surface area contributed by atoms with Gasteiger partial charge in [0.15, 0.2) is 0 Å². The number of thiophene rings is 1. The fraction of sp³-hybridized carbons (Fsp3) is 0.417. The zero-order valence-corrected chi connectivity index (χ0v) is 11.8. The standard InChI is InChI=1S/C12H17N5OS/c1-3-14-9(18)4-6-15-10-8-5-7-19-11(8)17-12(13-2)16-10/h5,7H,3-4,6H2,1-2H3,(H,14,18)(H2,13,15,16,17). The molecule has 2 aromatic rings. The Balaban J connectivity index is 2.07. The lowest BCUT2D eigenvalue weighted by Crippen LogP contribution is -2.24. The molecule has 0 aromatic carbocycles. The molecule has 19 heavy (non-hydrogen) atoms. The molecule has 0 aliphatic carbocycles. The minimum atomic E-state index is 0.0412. The summed E-state index contributed by atoms with van der Waals surface area (Å²) in [6.45, 7) is 3.12. The van der Waals surface area contributed by atoms with Crippen LogP contribution in [-0.4, -0.2) is 36.0 Å². The van der Waals surface area contributed by atoms with Gasteiger partial charge >= 0.3 is 0 Å². The quantitative estimate of drug-likeness (QED) is 0.749. The van der Waals surface area contributed by atoms with Gasteiger partial charge in [-0.2, -0.15) is 4.98 Å². The second-order valence-electron chi connectivity index (χ2n) is 3.92. The molecule has 0 spiro atoms. The number of aromatic nitrogens is 2. The highest BCUT2D eigenvalue weighted by Crippen LogP contribution is 2.26. The maximum Gasteiger partial charge on any atom is 0.225 e. The van der Waals surface area contributed by atoms with E-state index in [1.807, 2.05) is 18.4 Å². The molecule has 7 heteroatoms. The summed E-state index contributed by atoms with van der Waals surface area (Å²) in [5.41, 5.74) is 0. The molecule has 2 rings (SSSR count). The first-order valence-electron chi connectivity index (χ1n) is 6.18. The van der Waals surface area contributed by atoms with Gasteiger partial charge in [0.05, 0.1) is 5.39 Å². The molecular weight excluding hydrogens is 262 g/mol. The number of rotatable bonds is 6. The third-order valence-electron chi connectivity index (χ3n) is 2.57. The van der Waals surface area contributed by atoms with Crippen LogP contribution in [0.1, 0.15) is 13.3 Å². The average Bonchev–Trinajstić information content (AvgIpc) is 2.87. The highest BCUT2D eigenvalue weighted by Gasteiger charge is 2.08. The molecule has 2 heterocycles. The number of fused-ring (bicyclic) bond motifs is 1. The lowest BCUT2D eigenvalue weighted by Gasteiger charge is -2.08. The van der Waals surface area contributed by atoms with Crippen LogP contribution in [0.2, 0.25) is 0 Å². The van der Waals surface area contributed by atoms with Crippen LogP contribution in [0.4, 0.5) is 11.8 Å². The monoisotopic (exact) mass is 279 g/mol. The van der Waals surface area contributed by atoms with Gasteiger partial charge in [-0.25, -0.2) is 4.98 Å². The van der Waals surface area contributed by atoms with E-state index < -0.39 is 0 Å². The smallest absolute Gasteiger partial charge is 0.225 e. The third-order valence-corrected chi connectivity index (χ3v) is 3.37. The van der Waals surface area contributed by atoms with Crippen molar-refractivity contribution in [3.05, 3.63) is 11.4 Å². The summed E-state index contributed by atoms with van der Waals surface area (Å²) in [7, 11) is 1.78. The Morgan fingerprint density at radius 2 is 2.26 bits per heavy atom. The van der Waals surface area contributed by atoms with Crippen molar-refractivity contribution in [3.63, 3.8) is 0 Å². The lowest BCUT2D eigenvalue weighted by atomic mass is 10.3. The van der Waals surface area contributed by atoms with Gasteiger partial charge in [-0.15, -0.1) is 11.3 Å². The predicted octanol–water partition coefficient (Wildman–Crippen LogP) is 1.67. The number of anilines is 2. The SMILES string of the molecule is CCNC(=O)CCNc1nc(NC)nc2sccc12. The van der Waals surface area contributed by atoms with Crippen molar-refractivity contribution in [2.75, 3.05) is 30.8 Å². The molecule has 0 fully saturated rings. The zero-order chi connectivity index (χ0) is 13.7. The Bertz CT molecular complexity index is 568. The molecule has 0 aliphatic rings. The van der Waals surface area contributed by atoms with Gasteiger partial charge in [-0.1, -0.05) is 0 Å². The van der Waals surface area contributed by atoms with Crippen molar-refractivity contribution in [1.29, 1.82) is 0 Å². The van der Waals surface area contributed by atoms with Crippen LogP contribution in [0.15, 0.2) is 11.4 Å². The van der Waals surface area contributed by atoms with E-state index >= 15 is 0 Å². The molecule has 0 saturated carbocycles. The van der Waals surface area contributed by atoms with Crippen LogP contribution < -0.4 is 16.0 Å². The minimum absolute atomic E-state index is 0.0412. The Labute approximate surface area is 115 Å². The Morgan fingerprint density at radius 1 is 1.42 bits per heavy atom. The molecular formula is C12H17N5OS. The summed E-state index contributed by atoms with van der Waals surface area (Å²) in [5.74, 6) is 1.38. The van der Waals surface area contributed by atoms with Crippen LogP contribution >= 0.6 is 11.3 Å². The number of hydrogen-bond donors (Lipinski definition) is 3. The van der Waals surface area contributed by atoms with E-state index in [4.69, 9.17) is 0 Å². The first kappa shape index (κ1) is 13.5. The fourth-order valence-corrected chi connectivity index (χ4v) is 2.45. The topological polar surface area (TPSA) is 78.9 Å². The predicted molar refractivity (Wildman–Crippen MR) is 78.8 cm³/mol. The number of carbonyl (C=O) groups is 1. The van der Waals surface area contributed by atoms with Gasteiger partial charge in [0.2, 0.25) is 11.9 Å². The second kappa shape index (κ2) is 6.33. The van der Waals surface area contributed by atoms with Gasteiger partial charge < -0.3 is 16.0 Å². The summed E-state index contributed by atoms with van der Waals surface area (Å²) in [4.78, 5) is 21.0. The van der Waals surface area contributed by atoms with Crippen molar-refractivity contribution in [1.82, 2.24) is 15.3 Å². The van der Waals surface area contributed by atoms with Crippen molar-refractivity contribution in [2.24, 2.45) is 0 Å². The average molecular weight is 279 g/mol. The van der Waals surface area contributed by atoms with Crippen molar-refractivity contribution in [2.45, 2.75) is 13.3 Å². The van der Waals surface area contributed by atoms with Gasteiger partial charge in [-0.05, 0) is 18.4 Å².